The van der Waals surface area contributed by atoms with Crippen molar-refractivity contribution >= 4 is 17.7 Å². The second-order valence-electron chi connectivity index (χ2n) is 3.57. The molecule has 2 aromatic rings. The van der Waals surface area contributed by atoms with Crippen molar-refractivity contribution in [1.82, 2.24) is 19.7 Å². The number of aromatic nitrogens is 4. The molecule has 1 N–H and O–H groups in total. The predicted octanol–water partition coefficient (Wildman–Crippen LogP) is 0.258. The Hall–Kier alpha value is -2.22. The lowest BCUT2D eigenvalue weighted by Crippen LogP contribution is -2.15. The van der Waals surface area contributed by atoms with Gasteiger partial charge in [-0.05, 0) is 12.1 Å². The molecule has 0 aliphatic carbocycles. The van der Waals surface area contributed by atoms with E-state index in [2.05, 4.69) is 15.2 Å². The zero-order valence-electron chi connectivity index (χ0n) is 9.76. The average Bonchev–Trinajstić information content (AvgIpc) is 2.40. The standard InChI is InChI=1S/C11H10N4O3S/c16-9-3-5-15(6-8-2-1-4-12-14-8)11(13-9)19-7-10(17)18/h1-5H,6-7H2,(H,17,18). The van der Waals surface area contributed by atoms with Crippen LogP contribution < -0.4 is 5.56 Å². The molecule has 0 aliphatic heterocycles. The van der Waals surface area contributed by atoms with E-state index < -0.39 is 11.5 Å². The van der Waals surface area contributed by atoms with Gasteiger partial charge in [0, 0.05) is 18.5 Å². The first-order valence-electron chi connectivity index (χ1n) is 5.34. The Morgan fingerprint density at radius 2 is 2.26 bits per heavy atom. The maximum atomic E-state index is 11.2. The van der Waals surface area contributed by atoms with E-state index in [-0.39, 0.29) is 5.75 Å². The van der Waals surface area contributed by atoms with Gasteiger partial charge in [-0.25, -0.2) is 0 Å². The molecule has 2 aromatic heterocycles. The monoisotopic (exact) mass is 278 g/mol. The first kappa shape index (κ1) is 13.2. The molecule has 0 radical (unpaired) electrons. The quantitative estimate of drug-likeness (QED) is 0.618. The van der Waals surface area contributed by atoms with E-state index in [0.29, 0.717) is 17.4 Å². The Bertz CT molecular complexity index is 629. The van der Waals surface area contributed by atoms with E-state index in [1.165, 1.54) is 6.07 Å². The summed E-state index contributed by atoms with van der Waals surface area (Å²) < 4.78 is 1.67. The number of rotatable bonds is 5. The van der Waals surface area contributed by atoms with Gasteiger partial charge in [0.05, 0.1) is 18.0 Å². The number of carboxylic acids is 1. The highest BCUT2D eigenvalue weighted by molar-refractivity contribution is 7.99. The number of nitrogens with zero attached hydrogens (tertiary/aromatic N) is 4. The maximum Gasteiger partial charge on any atom is 0.313 e. The van der Waals surface area contributed by atoms with Crippen LogP contribution in [0.4, 0.5) is 0 Å². The zero-order chi connectivity index (χ0) is 13.7. The van der Waals surface area contributed by atoms with E-state index in [9.17, 15) is 9.59 Å². The molecule has 19 heavy (non-hydrogen) atoms. The summed E-state index contributed by atoms with van der Waals surface area (Å²) in [7, 11) is 0. The van der Waals surface area contributed by atoms with E-state index in [4.69, 9.17) is 5.11 Å². The molecule has 2 heterocycles. The largest absolute Gasteiger partial charge is 0.481 e. The molecule has 7 nitrogen and oxygen atoms in total. The van der Waals surface area contributed by atoms with Crippen LogP contribution >= 0.6 is 11.8 Å². The van der Waals surface area contributed by atoms with Gasteiger partial charge in [-0.2, -0.15) is 15.2 Å². The Morgan fingerprint density at radius 1 is 1.42 bits per heavy atom. The molecule has 0 saturated heterocycles. The van der Waals surface area contributed by atoms with Crippen LogP contribution in [0.25, 0.3) is 0 Å². The van der Waals surface area contributed by atoms with Crippen molar-refractivity contribution in [1.29, 1.82) is 0 Å². The first-order valence-corrected chi connectivity index (χ1v) is 6.32. The number of carbonyl (C=O) groups is 1. The molecule has 8 heteroatoms. The number of hydrogen-bond donors (Lipinski definition) is 1. The summed E-state index contributed by atoms with van der Waals surface area (Å²) in [6.07, 6.45) is 3.13. The minimum absolute atomic E-state index is 0.156. The minimum Gasteiger partial charge on any atom is -0.481 e. The van der Waals surface area contributed by atoms with Crippen molar-refractivity contribution in [3.8, 4) is 0 Å². The SMILES string of the molecule is O=C(O)CSc1nc(=O)ccn1Cc1cccnn1. The zero-order valence-corrected chi connectivity index (χ0v) is 10.6. The van der Waals surface area contributed by atoms with E-state index >= 15 is 0 Å². The molecule has 0 fully saturated rings. The van der Waals surface area contributed by atoms with Crippen molar-refractivity contribution < 1.29 is 9.90 Å². The van der Waals surface area contributed by atoms with Crippen LogP contribution in [0, 0.1) is 0 Å². The molecule has 2 rings (SSSR count). The Labute approximate surface area is 112 Å². The molecule has 0 aliphatic rings. The van der Waals surface area contributed by atoms with E-state index in [0.717, 1.165) is 11.8 Å². The van der Waals surface area contributed by atoms with Gasteiger partial charge in [-0.15, -0.1) is 0 Å². The summed E-state index contributed by atoms with van der Waals surface area (Å²) in [6.45, 7) is 0.378. The summed E-state index contributed by atoms with van der Waals surface area (Å²) >= 11 is 0.993. The maximum absolute atomic E-state index is 11.2. The molecular formula is C11H10N4O3S. The number of aliphatic carboxylic acids is 1. The van der Waals surface area contributed by atoms with Gasteiger partial charge >= 0.3 is 5.97 Å². The first-order chi connectivity index (χ1) is 9.15. The number of carboxylic acid groups (broad SMARTS) is 1. The summed E-state index contributed by atoms with van der Waals surface area (Å²) in [6, 6.07) is 4.86. The summed E-state index contributed by atoms with van der Waals surface area (Å²) in [5, 5.41) is 16.7. The molecular weight excluding hydrogens is 268 g/mol. The second kappa shape index (κ2) is 6.10. The highest BCUT2D eigenvalue weighted by Gasteiger charge is 2.07. The topological polar surface area (TPSA) is 98.0 Å². The molecule has 0 unspecified atom stereocenters. The summed E-state index contributed by atoms with van der Waals surface area (Å²) in [5.41, 5.74) is 0.299. The van der Waals surface area contributed by atoms with Crippen LogP contribution in [0.2, 0.25) is 0 Å². The van der Waals surface area contributed by atoms with Gasteiger partial charge in [0.15, 0.2) is 5.16 Å². The predicted molar refractivity (Wildman–Crippen MR) is 68.0 cm³/mol. The smallest absolute Gasteiger partial charge is 0.313 e. The average molecular weight is 278 g/mol. The lowest BCUT2D eigenvalue weighted by molar-refractivity contribution is -0.133. The highest BCUT2D eigenvalue weighted by atomic mass is 32.2. The second-order valence-corrected chi connectivity index (χ2v) is 4.52. The Balaban J connectivity index is 2.24. The Kier molecular flexibility index (Phi) is 4.24. The lowest BCUT2D eigenvalue weighted by atomic mass is 10.4. The van der Waals surface area contributed by atoms with Gasteiger partial charge in [0.25, 0.3) is 5.56 Å². The van der Waals surface area contributed by atoms with Gasteiger partial charge in [0.2, 0.25) is 0 Å². The van der Waals surface area contributed by atoms with Gasteiger partial charge in [0.1, 0.15) is 0 Å². The lowest BCUT2D eigenvalue weighted by Gasteiger charge is -2.09. The molecule has 0 saturated carbocycles. The molecule has 0 atom stereocenters. The van der Waals surface area contributed by atoms with E-state index in [1.807, 2.05) is 0 Å². The van der Waals surface area contributed by atoms with Crippen LogP contribution in [-0.2, 0) is 11.3 Å². The third-order valence-electron chi connectivity index (χ3n) is 2.13. The number of thioether (sulfide) groups is 1. The van der Waals surface area contributed by atoms with Crippen molar-refractivity contribution in [2.75, 3.05) is 5.75 Å². The van der Waals surface area contributed by atoms with Crippen LogP contribution in [0.1, 0.15) is 5.69 Å². The van der Waals surface area contributed by atoms with Crippen molar-refractivity contribution in [3.63, 3.8) is 0 Å². The van der Waals surface area contributed by atoms with Crippen molar-refractivity contribution in [2.24, 2.45) is 0 Å². The molecule has 0 bridgehead atoms. The fourth-order valence-corrected chi connectivity index (χ4v) is 2.07. The van der Waals surface area contributed by atoms with Gasteiger partial charge < -0.3 is 9.67 Å². The Morgan fingerprint density at radius 3 is 2.95 bits per heavy atom. The third-order valence-corrected chi connectivity index (χ3v) is 3.11. The molecule has 0 aromatic carbocycles. The van der Waals surface area contributed by atoms with Gasteiger partial charge in [-0.3, -0.25) is 9.59 Å². The van der Waals surface area contributed by atoms with Crippen LogP contribution in [0.3, 0.4) is 0 Å². The number of hydrogen-bond acceptors (Lipinski definition) is 6. The third kappa shape index (κ3) is 3.88. The van der Waals surface area contributed by atoms with Crippen LogP contribution in [0.5, 0.6) is 0 Å². The highest BCUT2D eigenvalue weighted by Crippen LogP contribution is 2.14. The normalized spacial score (nSPS) is 10.3. The van der Waals surface area contributed by atoms with Crippen LogP contribution in [0.15, 0.2) is 40.5 Å². The molecule has 0 spiro atoms. The minimum atomic E-state index is -0.964. The summed E-state index contributed by atoms with van der Waals surface area (Å²) in [5.74, 6) is -1.12. The fourth-order valence-electron chi connectivity index (χ4n) is 1.37. The molecule has 0 amide bonds. The fraction of sp³-hybridized carbons (Fsp3) is 0.182. The summed E-state index contributed by atoms with van der Waals surface area (Å²) in [4.78, 5) is 25.6. The van der Waals surface area contributed by atoms with Gasteiger partial charge in [-0.1, -0.05) is 11.8 Å². The van der Waals surface area contributed by atoms with Crippen LogP contribution in [-0.4, -0.2) is 36.6 Å². The van der Waals surface area contributed by atoms with E-state index in [1.54, 1.807) is 29.1 Å². The van der Waals surface area contributed by atoms with Crippen molar-refractivity contribution in [2.45, 2.75) is 11.7 Å². The van der Waals surface area contributed by atoms with Crippen molar-refractivity contribution in [3.05, 3.63) is 46.6 Å². The molecule has 98 valence electrons.